The zero-order chi connectivity index (χ0) is 31.5. The Morgan fingerprint density at radius 1 is 0.881 bits per heavy atom. The van der Waals surface area contributed by atoms with Gasteiger partial charge in [-0.1, -0.05) is 84.0 Å². The van der Waals surface area contributed by atoms with Crippen LogP contribution in [0, 0.1) is 0 Å². The molecule has 2 rings (SSSR count). The maximum absolute atomic E-state index is 11.7. The molecule has 1 heterocycles. The summed E-state index contributed by atoms with van der Waals surface area (Å²) in [5.41, 5.74) is -0.0348. The Balaban J connectivity index is 0.000000563. The number of rotatable bonds is 19. The Labute approximate surface area is 247 Å². The van der Waals surface area contributed by atoms with E-state index in [0.29, 0.717) is 0 Å². The first-order valence-corrected chi connectivity index (χ1v) is 15.8. The molecular weight excluding hydrogens is 572 g/mol. The van der Waals surface area contributed by atoms with E-state index in [-0.39, 0.29) is 16.9 Å². The lowest BCUT2D eigenvalue weighted by molar-refractivity contribution is -0.154. The molecule has 0 amide bonds. The van der Waals surface area contributed by atoms with E-state index in [0.717, 1.165) is 43.5 Å². The Hall–Kier alpha value is -3.16. The molecule has 1 aliphatic heterocycles. The molecule has 1 aromatic rings. The van der Waals surface area contributed by atoms with Crippen molar-refractivity contribution in [3.63, 3.8) is 0 Å². The van der Waals surface area contributed by atoms with Crippen molar-refractivity contribution in [2.75, 3.05) is 6.61 Å². The number of aliphatic hydroxyl groups is 3. The molecule has 238 valence electrons. The monoisotopic (exact) mass is 616 g/mol. The summed E-state index contributed by atoms with van der Waals surface area (Å²) in [4.78, 5) is 32.8. The fraction of sp³-hybridized carbons (Fsp3) is 0.621. The van der Waals surface area contributed by atoms with Crippen molar-refractivity contribution in [3.8, 4) is 0 Å². The van der Waals surface area contributed by atoms with Crippen LogP contribution in [-0.2, 0) is 29.2 Å². The SMILES string of the molecule is CCCCCCCCCCCCCCCC(=O)OC[C@H](O)[C@H]1OC(=O)C(O)=C1O.O=C(O)c1ccc(S(=O)(=O)O)cc1. The molecule has 0 unspecified atom stereocenters. The highest BCUT2D eigenvalue weighted by Crippen LogP contribution is 2.21. The molecule has 0 saturated carbocycles. The third-order valence-electron chi connectivity index (χ3n) is 6.59. The normalized spacial score (nSPS) is 15.5. The molecular formula is C29H44O12S. The van der Waals surface area contributed by atoms with Gasteiger partial charge < -0.3 is 29.9 Å². The van der Waals surface area contributed by atoms with E-state index in [1.54, 1.807) is 0 Å². The van der Waals surface area contributed by atoms with E-state index < -0.39 is 58.4 Å². The van der Waals surface area contributed by atoms with E-state index in [1.165, 1.54) is 64.2 Å². The highest BCUT2D eigenvalue weighted by Gasteiger charge is 2.39. The second-order valence-corrected chi connectivity index (χ2v) is 11.5. The average molecular weight is 617 g/mol. The molecule has 0 bridgehead atoms. The number of carboxylic acid groups (broad SMARTS) is 1. The standard InChI is InChI=1S/C22H38O7.C7H6O5S/c1-2-3-4-5-6-7-8-9-10-11-12-13-14-15-18(24)28-16-17(23)21-19(25)20(26)22(27)29-21;8-7(9)5-1-3-6(4-2-5)13(10,11)12/h17,21,23,25-26H,2-16H2,1H3;1-4H,(H,8,9)(H,10,11,12)/t17-,21+;/m0./s1. The molecule has 1 aromatic carbocycles. The summed E-state index contributed by atoms with van der Waals surface area (Å²) in [6.07, 6.45) is 13.4. The lowest BCUT2D eigenvalue weighted by Crippen LogP contribution is -2.33. The van der Waals surface area contributed by atoms with Crippen molar-refractivity contribution in [1.29, 1.82) is 0 Å². The van der Waals surface area contributed by atoms with Crippen molar-refractivity contribution >= 4 is 28.0 Å². The van der Waals surface area contributed by atoms with E-state index in [4.69, 9.17) is 14.4 Å². The van der Waals surface area contributed by atoms with Gasteiger partial charge in [0.1, 0.15) is 12.7 Å². The van der Waals surface area contributed by atoms with Crippen LogP contribution in [0.2, 0.25) is 0 Å². The number of hydrogen-bond acceptors (Lipinski definition) is 10. The van der Waals surface area contributed by atoms with Crippen LogP contribution >= 0.6 is 0 Å². The van der Waals surface area contributed by atoms with Crippen LogP contribution in [0.25, 0.3) is 0 Å². The topological polar surface area (TPSA) is 205 Å². The maximum atomic E-state index is 11.7. The van der Waals surface area contributed by atoms with Gasteiger partial charge in [-0.15, -0.1) is 0 Å². The van der Waals surface area contributed by atoms with Crippen LogP contribution < -0.4 is 0 Å². The largest absolute Gasteiger partial charge is 0.505 e. The molecule has 0 fully saturated rings. The quantitative estimate of drug-likeness (QED) is 0.0767. The number of ether oxygens (including phenoxy) is 2. The highest BCUT2D eigenvalue weighted by atomic mass is 32.2. The van der Waals surface area contributed by atoms with Gasteiger partial charge in [0, 0.05) is 6.42 Å². The zero-order valence-electron chi connectivity index (χ0n) is 24.1. The number of aliphatic hydroxyl groups excluding tert-OH is 3. The average Bonchev–Trinajstić information content (AvgIpc) is 3.21. The summed E-state index contributed by atoms with van der Waals surface area (Å²) in [6, 6.07) is 4.26. The predicted molar refractivity (Wildman–Crippen MR) is 153 cm³/mol. The number of carbonyl (C=O) groups is 3. The van der Waals surface area contributed by atoms with E-state index in [2.05, 4.69) is 11.7 Å². The summed E-state index contributed by atoms with van der Waals surface area (Å²) in [5.74, 6) is -4.36. The molecule has 1 aliphatic rings. The number of unbranched alkanes of at least 4 members (excludes halogenated alkanes) is 12. The molecule has 0 spiro atoms. The van der Waals surface area contributed by atoms with Crippen molar-refractivity contribution in [3.05, 3.63) is 41.3 Å². The Morgan fingerprint density at radius 3 is 1.76 bits per heavy atom. The summed E-state index contributed by atoms with van der Waals surface area (Å²) < 4.78 is 39.1. The minimum atomic E-state index is -4.24. The van der Waals surface area contributed by atoms with E-state index >= 15 is 0 Å². The minimum Gasteiger partial charge on any atom is -0.505 e. The van der Waals surface area contributed by atoms with Crippen molar-refractivity contribution in [2.45, 2.75) is 114 Å². The van der Waals surface area contributed by atoms with Crippen LogP contribution in [-0.4, -0.2) is 70.1 Å². The first-order valence-electron chi connectivity index (χ1n) is 14.4. The number of aromatic carboxylic acids is 1. The first kappa shape index (κ1) is 36.9. The molecule has 0 aliphatic carbocycles. The molecule has 5 N–H and O–H groups in total. The summed E-state index contributed by atoms with van der Waals surface area (Å²) >= 11 is 0. The van der Waals surface area contributed by atoms with E-state index in [1.807, 2.05) is 0 Å². The number of carbonyl (C=O) groups excluding carboxylic acids is 2. The van der Waals surface area contributed by atoms with Gasteiger partial charge in [-0.2, -0.15) is 8.42 Å². The van der Waals surface area contributed by atoms with Gasteiger partial charge in [0.25, 0.3) is 10.1 Å². The Kier molecular flexibility index (Phi) is 17.4. The maximum Gasteiger partial charge on any atom is 0.377 e. The number of benzene rings is 1. The molecule has 0 saturated heterocycles. The van der Waals surface area contributed by atoms with E-state index in [9.17, 15) is 38.1 Å². The predicted octanol–water partition coefficient (Wildman–Crippen LogP) is 5.26. The first-order chi connectivity index (χ1) is 19.9. The zero-order valence-corrected chi connectivity index (χ0v) is 24.9. The fourth-order valence-corrected chi connectivity index (χ4v) is 4.60. The van der Waals surface area contributed by atoms with Crippen LogP contribution in [0.3, 0.4) is 0 Å². The Bertz CT molecular complexity index is 1110. The van der Waals surface area contributed by atoms with Crippen molar-refractivity contribution in [2.24, 2.45) is 0 Å². The van der Waals surface area contributed by atoms with Crippen LogP contribution in [0.15, 0.2) is 40.7 Å². The van der Waals surface area contributed by atoms with Gasteiger partial charge in [-0.3, -0.25) is 9.35 Å². The molecule has 0 radical (unpaired) electrons. The number of esters is 2. The third-order valence-corrected chi connectivity index (χ3v) is 7.46. The number of carboxylic acids is 1. The van der Waals surface area contributed by atoms with Gasteiger partial charge in [-0.25, -0.2) is 9.59 Å². The third kappa shape index (κ3) is 14.6. The second kappa shape index (κ2) is 19.9. The van der Waals surface area contributed by atoms with Gasteiger partial charge in [0.15, 0.2) is 11.9 Å². The fourth-order valence-electron chi connectivity index (χ4n) is 4.12. The second-order valence-electron chi connectivity index (χ2n) is 10.1. The van der Waals surface area contributed by atoms with Crippen molar-refractivity contribution in [1.82, 2.24) is 0 Å². The van der Waals surface area contributed by atoms with Gasteiger partial charge in [0.05, 0.1) is 10.5 Å². The molecule has 13 heteroatoms. The highest BCUT2D eigenvalue weighted by molar-refractivity contribution is 7.85. The van der Waals surface area contributed by atoms with Crippen molar-refractivity contribution < 1.29 is 57.3 Å². The number of cyclic esters (lactones) is 1. The lowest BCUT2D eigenvalue weighted by Gasteiger charge is -2.17. The van der Waals surface area contributed by atoms with Crippen LogP contribution in [0.5, 0.6) is 0 Å². The molecule has 42 heavy (non-hydrogen) atoms. The summed E-state index contributed by atoms with van der Waals surface area (Å²) in [6.45, 7) is 1.83. The number of hydrogen-bond donors (Lipinski definition) is 5. The van der Waals surface area contributed by atoms with Gasteiger partial charge in [0.2, 0.25) is 5.76 Å². The smallest absolute Gasteiger partial charge is 0.377 e. The molecule has 12 nitrogen and oxygen atoms in total. The molecule has 0 aromatic heterocycles. The molecule has 2 atom stereocenters. The van der Waals surface area contributed by atoms with Crippen LogP contribution in [0.1, 0.15) is 107 Å². The minimum absolute atomic E-state index is 0.0348. The van der Waals surface area contributed by atoms with Gasteiger partial charge in [-0.05, 0) is 30.7 Å². The summed E-state index contributed by atoms with van der Waals surface area (Å²) in [5, 5.41) is 37.0. The lowest BCUT2D eigenvalue weighted by atomic mass is 10.0. The summed E-state index contributed by atoms with van der Waals surface area (Å²) in [7, 11) is -4.24. The van der Waals surface area contributed by atoms with Gasteiger partial charge >= 0.3 is 17.9 Å². The van der Waals surface area contributed by atoms with Crippen LogP contribution in [0.4, 0.5) is 0 Å². The Morgan fingerprint density at radius 2 is 1.36 bits per heavy atom.